The Hall–Kier alpha value is -1.56. The number of aryl methyl sites for hydroxylation is 1. The summed E-state index contributed by atoms with van der Waals surface area (Å²) in [4.78, 5) is 12.1. The number of thioether (sulfide) groups is 1. The molecule has 2 rings (SSSR count). The smallest absolute Gasteiger partial charge is 0.234 e. The zero-order valence-corrected chi connectivity index (χ0v) is 16.3. The fourth-order valence-electron chi connectivity index (χ4n) is 2.09. The lowest BCUT2D eigenvalue weighted by Gasteiger charge is -2.11. The van der Waals surface area contributed by atoms with Gasteiger partial charge in [0.2, 0.25) is 5.91 Å². The van der Waals surface area contributed by atoms with Gasteiger partial charge in [-0.25, -0.2) is 0 Å². The molecule has 0 heterocycles. The Balaban J connectivity index is 1.75. The first-order valence-corrected chi connectivity index (χ1v) is 9.51. The quantitative estimate of drug-likeness (QED) is 0.630. The number of hydrogen-bond donors (Lipinski definition) is 1. The minimum absolute atomic E-state index is 0.0929. The van der Waals surface area contributed by atoms with Crippen LogP contribution in [0.25, 0.3) is 0 Å². The highest BCUT2D eigenvalue weighted by molar-refractivity contribution is 7.99. The highest BCUT2D eigenvalue weighted by Crippen LogP contribution is 2.32. The first-order valence-electron chi connectivity index (χ1n) is 7.60. The van der Waals surface area contributed by atoms with Gasteiger partial charge in [-0.05, 0) is 36.8 Å². The molecule has 0 saturated heterocycles. The van der Waals surface area contributed by atoms with Gasteiger partial charge in [0, 0.05) is 5.75 Å². The van der Waals surface area contributed by atoms with Crippen LogP contribution in [0.4, 0.5) is 5.69 Å². The predicted octanol–water partition coefficient (Wildman–Crippen LogP) is 5.06. The van der Waals surface area contributed by atoms with Crippen LogP contribution in [0.1, 0.15) is 5.56 Å². The van der Waals surface area contributed by atoms with E-state index in [0.29, 0.717) is 45.3 Å². The second kappa shape index (κ2) is 9.80. The molecule has 2 aromatic rings. The van der Waals surface area contributed by atoms with Crippen molar-refractivity contribution in [3.63, 3.8) is 0 Å². The average Bonchev–Trinajstić information content (AvgIpc) is 2.57. The fraction of sp³-hybridized carbons (Fsp3) is 0.278. The Morgan fingerprint density at radius 1 is 1.20 bits per heavy atom. The second-order valence-corrected chi connectivity index (χ2v) is 7.12. The summed E-state index contributed by atoms with van der Waals surface area (Å²) in [6.45, 7) is 2.37. The first-order chi connectivity index (χ1) is 12.0. The molecule has 134 valence electrons. The van der Waals surface area contributed by atoms with Gasteiger partial charge in [-0.1, -0.05) is 35.3 Å². The van der Waals surface area contributed by atoms with Crippen LogP contribution >= 0.6 is 35.0 Å². The van der Waals surface area contributed by atoms with Crippen LogP contribution in [0.2, 0.25) is 10.0 Å². The molecule has 0 fully saturated rings. The van der Waals surface area contributed by atoms with Crippen molar-refractivity contribution < 1.29 is 14.3 Å². The van der Waals surface area contributed by atoms with Gasteiger partial charge in [0.25, 0.3) is 0 Å². The van der Waals surface area contributed by atoms with E-state index in [1.165, 1.54) is 11.8 Å². The van der Waals surface area contributed by atoms with E-state index < -0.39 is 0 Å². The average molecular weight is 400 g/mol. The number of ether oxygens (including phenoxy) is 2. The Bertz CT molecular complexity index is 720. The van der Waals surface area contributed by atoms with Crippen LogP contribution in [0.15, 0.2) is 36.4 Å². The van der Waals surface area contributed by atoms with E-state index in [1.54, 1.807) is 25.3 Å². The second-order valence-electron chi connectivity index (χ2n) is 5.20. The van der Waals surface area contributed by atoms with Crippen LogP contribution in [-0.2, 0) is 4.79 Å². The van der Waals surface area contributed by atoms with Crippen molar-refractivity contribution in [1.29, 1.82) is 0 Å². The third kappa shape index (κ3) is 6.03. The summed E-state index contributed by atoms with van der Waals surface area (Å²) in [6, 6.07) is 10.8. The minimum Gasteiger partial charge on any atom is -0.495 e. The van der Waals surface area contributed by atoms with E-state index in [9.17, 15) is 4.79 Å². The molecule has 7 heteroatoms. The Labute approximate surface area is 161 Å². The topological polar surface area (TPSA) is 47.6 Å². The summed E-state index contributed by atoms with van der Waals surface area (Å²) in [6.07, 6.45) is 0. The fourth-order valence-corrected chi connectivity index (χ4v) is 3.20. The van der Waals surface area contributed by atoms with Gasteiger partial charge in [-0.15, -0.1) is 11.8 Å². The number of halogens is 2. The van der Waals surface area contributed by atoms with Gasteiger partial charge in [0.05, 0.1) is 35.2 Å². The van der Waals surface area contributed by atoms with Crippen molar-refractivity contribution in [2.75, 3.05) is 30.5 Å². The third-order valence-electron chi connectivity index (χ3n) is 3.26. The predicted molar refractivity (Wildman–Crippen MR) is 106 cm³/mol. The van der Waals surface area contributed by atoms with Crippen molar-refractivity contribution >= 4 is 46.6 Å². The number of benzene rings is 2. The monoisotopic (exact) mass is 399 g/mol. The number of carbonyl (C=O) groups is 1. The molecule has 0 atom stereocenters. The largest absolute Gasteiger partial charge is 0.495 e. The molecule has 0 saturated carbocycles. The van der Waals surface area contributed by atoms with Crippen LogP contribution in [-0.4, -0.2) is 31.1 Å². The number of hydrogen-bond acceptors (Lipinski definition) is 4. The minimum atomic E-state index is -0.0929. The van der Waals surface area contributed by atoms with Crippen molar-refractivity contribution in [2.24, 2.45) is 0 Å². The number of nitrogens with one attached hydrogen (secondary N) is 1. The molecule has 0 radical (unpaired) electrons. The van der Waals surface area contributed by atoms with E-state index in [0.717, 1.165) is 5.56 Å². The molecule has 0 aliphatic rings. The Kier molecular flexibility index (Phi) is 7.75. The summed E-state index contributed by atoms with van der Waals surface area (Å²) in [5.74, 6) is 1.97. The standard InChI is InChI=1S/C18H19Cl2NO3S/c1-12-6-7-16(23-2)15(10-12)21-17(22)11-25-9-8-24-18-13(19)4-3-5-14(18)20/h3-7,10H,8-9,11H2,1-2H3,(H,21,22). The summed E-state index contributed by atoms with van der Waals surface area (Å²) >= 11 is 13.5. The molecule has 0 aromatic heterocycles. The molecule has 4 nitrogen and oxygen atoms in total. The summed E-state index contributed by atoms with van der Waals surface area (Å²) in [7, 11) is 1.58. The van der Waals surface area contributed by atoms with Gasteiger partial charge in [-0.3, -0.25) is 4.79 Å². The molecule has 2 aromatic carbocycles. The molecule has 0 aliphatic carbocycles. The molecular weight excluding hydrogens is 381 g/mol. The lowest BCUT2D eigenvalue weighted by molar-refractivity contribution is -0.113. The Morgan fingerprint density at radius 3 is 2.60 bits per heavy atom. The zero-order chi connectivity index (χ0) is 18.2. The molecule has 25 heavy (non-hydrogen) atoms. The zero-order valence-electron chi connectivity index (χ0n) is 14.0. The molecular formula is C18H19Cl2NO3S. The van der Waals surface area contributed by atoms with Crippen molar-refractivity contribution in [2.45, 2.75) is 6.92 Å². The van der Waals surface area contributed by atoms with Crippen molar-refractivity contribution in [3.8, 4) is 11.5 Å². The van der Waals surface area contributed by atoms with E-state index in [-0.39, 0.29) is 5.91 Å². The SMILES string of the molecule is COc1ccc(C)cc1NC(=O)CSCCOc1c(Cl)cccc1Cl. The first kappa shape index (κ1) is 19.8. The van der Waals surface area contributed by atoms with Crippen molar-refractivity contribution in [3.05, 3.63) is 52.0 Å². The number of rotatable bonds is 8. The number of amides is 1. The van der Waals surface area contributed by atoms with Gasteiger partial charge in [-0.2, -0.15) is 0 Å². The highest BCUT2D eigenvalue weighted by Gasteiger charge is 2.09. The van der Waals surface area contributed by atoms with Gasteiger partial charge in [0.1, 0.15) is 5.75 Å². The van der Waals surface area contributed by atoms with Gasteiger partial charge < -0.3 is 14.8 Å². The summed E-state index contributed by atoms with van der Waals surface area (Å²) in [5.41, 5.74) is 1.72. The summed E-state index contributed by atoms with van der Waals surface area (Å²) < 4.78 is 10.8. The summed E-state index contributed by atoms with van der Waals surface area (Å²) in [5, 5.41) is 3.81. The number of anilines is 1. The van der Waals surface area contributed by atoms with Crippen LogP contribution in [0.3, 0.4) is 0 Å². The Morgan fingerprint density at radius 2 is 1.92 bits per heavy atom. The maximum absolute atomic E-state index is 12.1. The normalized spacial score (nSPS) is 10.4. The van der Waals surface area contributed by atoms with E-state index >= 15 is 0 Å². The van der Waals surface area contributed by atoms with Crippen LogP contribution in [0.5, 0.6) is 11.5 Å². The van der Waals surface area contributed by atoms with E-state index in [2.05, 4.69) is 5.32 Å². The van der Waals surface area contributed by atoms with E-state index in [1.807, 2.05) is 25.1 Å². The van der Waals surface area contributed by atoms with Gasteiger partial charge in [0.15, 0.2) is 5.75 Å². The maximum atomic E-state index is 12.1. The van der Waals surface area contributed by atoms with Gasteiger partial charge >= 0.3 is 0 Å². The van der Waals surface area contributed by atoms with Crippen LogP contribution in [0, 0.1) is 6.92 Å². The third-order valence-corrected chi connectivity index (χ3v) is 4.77. The molecule has 0 aliphatic heterocycles. The molecule has 0 bridgehead atoms. The molecule has 1 amide bonds. The van der Waals surface area contributed by atoms with Crippen molar-refractivity contribution in [1.82, 2.24) is 0 Å². The highest BCUT2D eigenvalue weighted by atomic mass is 35.5. The molecule has 1 N–H and O–H groups in total. The number of para-hydroxylation sites is 1. The van der Waals surface area contributed by atoms with E-state index in [4.69, 9.17) is 32.7 Å². The molecule has 0 unspecified atom stereocenters. The lowest BCUT2D eigenvalue weighted by Crippen LogP contribution is -2.16. The number of methoxy groups -OCH3 is 1. The lowest BCUT2D eigenvalue weighted by atomic mass is 10.2. The molecule has 0 spiro atoms. The number of carbonyl (C=O) groups excluding carboxylic acids is 1. The van der Waals surface area contributed by atoms with Crippen LogP contribution < -0.4 is 14.8 Å². The maximum Gasteiger partial charge on any atom is 0.234 e.